The van der Waals surface area contributed by atoms with E-state index in [0.29, 0.717) is 16.8 Å². The van der Waals surface area contributed by atoms with Gasteiger partial charge in [0.2, 0.25) is 0 Å². The molecular weight excluding hydrogens is 224 g/mol. The van der Waals surface area contributed by atoms with Crippen molar-refractivity contribution < 1.29 is 0 Å². The first-order valence-corrected chi connectivity index (χ1v) is 6.54. The standard InChI is InChI=1S/C14H20N4/c1-10-11(2)17-18-13(12(10)8-15)16-9-14(3)6-4-5-7-14/h4-7,9H2,1-3H3,(H,16,18). The maximum atomic E-state index is 9.22. The van der Waals surface area contributed by atoms with Crippen LogP contribution in [0.3, 0.4) is 0 Å². The van der Waals surface area contributed by atoms with Gasteiger partial charge in [-0.2, -0.15) is 10.4 Å². The highest BCUT2D eigenvalue weighted by atomic mass is 15.2. The summed E-state index contributed by atoms with van der Waals surface area (Å²) in [4.78, 5) is 0. The molecule has 0 amide bonds. The van der Waals surface area contributed by atoms with Crippen LogP contribution in [0.25, 0.3) is 0 Å². The maximum Gasteiger partial charge on any atom is 0.166 e. The van der Waals surface area contributed by atoms with E-state index in [0.717, 1.165) is 17.8 Å². The number of hydrogen-bond acceptors (Lipinski definition) is 4. The average Bonchev–Trinajstić information content (AvgIpc) is 2.78. The molecule has 0 saturated heterocycles. The van der Waals surface area contributed by atoms with Crippen molar-refractivity contribution in [2.45, 2.75) is 46.5 Å². The summed E-state index contributed by atoms with van der Waals surface area (Å²) in [5.41, 5.74) is 2.72. The molecule has 1 aromatic heterocycles. The van der Waals surface area contributed by atoms with Crippen LogP contribution in [0, 0.1) is 30.6 Å². The van der Waals surface area contributed by atoms with Crippen LogP contribution in [0.4, 0.5) is 5.82 Å². The van der Waals surface area contributed by atoms with E-state index in [2.05, 4.69) is 28.5 Å². The first-order valence-electron chi connectivity index (χ1n) is 6.54. The molecule has 0 unspecified atom stereocenters. The van der Waals surface area contributed by atoms with E-state index >= 15 is 0 Å². The van der Waals surface area contributed by atoms with Crippen LogP contribution in [0.15, 0.2) is 0 Å². The third kappa shape index (κ3) is 2.45. The molecule has 18 heavy (non-hydrogen) atoms. The highest BCUT2D eigenvalue weighted by Crippen LogP contribution is 2.37. The molecule has 96 valence electrons. The number of nitrogens with one attached hydrogen (secondary N) is 1. The molecule has 1 saturated carbocycles. The number of hydrogen-bond donors (Lipinski definition) is 1. The topological polar surface area (TPSA) is 61.6 Å². The van der Waals surface area contributed by atoms with Gasteiger partial charge in [-0.15, -0.1) is 5.10 Å². The Kier molecular flexibility index (Phi) is 3.51. The van der Waals surface area contributed by atoms with Crippen molar-refractivity contribution in [1.29, 1.82) is 5.26 Å². The number of aryl methyl sites for hydroxylation is 1. The number of anilines is 1. The second-order valence-corrected chi connectivity index (χ2v) is 5.62. The fourth-order valence-electron chi connectivity index (χ4n) is 2.57. The minimum absolute atomic E-state index is 0.340. The van der Waals surface area contributed by atoms with Crippen LogP contribution < -0.4 is 5.32 Å². The Bertz CT molecular complexity index is 481. The van der Waals surface area contributed by atoms with Crippen LogP contribution in [0.5, 0.6) is 0 Å². The van der Waals surface area contributed by atoms with Crippen LogP contribution >= 0.6 is 0 Å². The lowest BCUT2D eigenvalue weighted by molar-refractivity contribution is 0.361. The molecule has 1 heterocycles. The lowest BCUT2D eigenvalue weighted by atomic mass is 9.89. The zero-order valence-corrected chi connectivity index (χ0v) is 11.4. The number of rotatable bonds is 3. The van der Waals surface area contributed by atoms with Crippen molar-refractivity contribution in [3.05, 3.63) is 16.8 Å². The molecule has 0 aliphatic heterocycles. The highest BCUT2D eigenvalue weighted by molar-refractivity contribution is 5.55. The van der Waals surface area contributed by atoms with Gasteiger partial charge in [0.05, 0.1) is 5.69 Å². The molecule has 0 radical (unpaired) electrons. The van der Waals surface area contributed by atoms with Gasteiger partial charge in [0.1, 0.15) is 11.6 Å². The van der Waals surface area contributed by atoms with Crippen LogP contribution in [-0.4, -0.2) is 16.7 Å². The largest absolute Gasteiger partial charge is 0.367 e. The van der Waals surface area contributed by atoms with Gasteiger partial charge < -0.3 is 5.32 Å². The molecule has 0 bridgehead atoms. The average molecular weight is 244 g/mol. The van der Waals surface area contributed by atoms with Gasteiger partial charge in [0, 0.05) is 6.54 Å². The smallest absolute Gasteiger partial charge is 0.166 e. The quantitative estimate of drug-likeness (QED) is 0.888. The van der Waals surface area contributed by atoms with Gasteiger partial charge in [-0.25, -0.2) is 0 Å². The number of nitrogens with zero attached hydrogens (tertiary/aromatic N) is 3. The molecule has 0 aromatic carbocycles. The fourth-order valence-corrected chi connectivity index (χ4v) is 2.57. The molecule has 1 fully saturated rings. The van der Waals surface area contributed by atoms with Crippen molar-refractivity contribution in [2.24, 2.45) is 5.41 Å². The molecule has 1 aliphatic rings. The predicted molar refractivity (Wildman–Crippen MR) is 71.3 cm³/mol. The van der Waals surface area contributed by atoms with Gasteiger partial charge in [-0.1, -0.05) is 19.8 Å². The molecule has 1 aliphatic carbocycles. The molecule has 4 nitrogen and oxygen atoms in total. The van der Waals surface area contributed by atoms with Crippen LogP contribution in [-0.2, 0) is 0 Å². The minimum atomic E-state index is 0.340. The summed E-state index contributed by atoms with van der Waals surface area (Å²) in [6.45, 7) is 6.97. The van der Waals surface area contributed by atoms with Crippen molar-refractivity contribution in [1.82, 2.24) is 10.2 Å². The first kappa shape index (κ1) is 12.8. The summed E-state index contributed by atoms with van der Waals surface area (Å²) < 4.78 is 0. The van der Waals surface area contributed by atoms with Crippen molar-refractivity contribution >= 4 is 5.82 Å². The summed E-state index contributed by atoms with van der Waals surface area (Å²) in [7, 11) is 0. The monoisotopic (exact) mass is 244 g/mol. The van der Waals surface area contributed by atoms with E-state index in [1.54, 1.807) is 0 Å². The lowest BCUT2D eigenvalue weighted by Gasteiger charge is -2.24. The Labute approximate surface area is 108 Å². The zero-order chi connectivity index (χ0) is 13.2. The lowest BCUT2D eigenvalue weighted by Crippen LogP contribution is -2.24. The molecule has 0 atom stereocenters. The van der Waals surface area contributed by atoms with E-state index < -0.39 is 0 Å². The molecule has 2 rings (SSSR count). The third-order valence-electron chi connectivity index (χ3n) is 4.06. The van der Waals surface area contributed by atoms with Crippen molar-refractivity contribution in [2.75, 3.05) is 11.9 Å². The van der Waals surface area contributed by atoms with Gasteiger partial charge >= 0.3 is 0 Å². The maximum absolute atomic E-state index is 9.22. The van der Waals surface area contributed by atoms with E-state index in [1.807, 2.05) is 13.8 Å². The minimum Gasteiger partial charge on any atom is -0.367 e. The summed E-state index contributed by atoms with van der Waals surface area (Å²) in [6, 6.07) is 2.23. The molecular formula is C14H20N4. The van der Waals surface area contributed by atoms with E-state index in [9.17, 15) is 5.26 Å². The van der Waals surface area contributed by atoms with Gasteiger partial charge in [0.25, 0.3) is 0 Å². The van der Waals surface area contributed by atoms with Crippen LogP contribution in [0.1, 0.15) is 49.4 Å². The molecule has 4 heteroatoms. The summed E-state index contributed by atoms with van der Waals surface area (Å²) >= 11 is 0. The molecule has 1 aromatic rings. The van der Waals surface area contributed by atoms with E-state index in [-0.39, 0.29) is 0 Å². The second kappa shape index (κ2) is 4.93. The Hall–Kier alpha value is -1.63. The van der Waals surface area contributed by atoms with E-state index in [4.69, 9.17) is 0 Å². The molecule has 0 spiro atoms. The van der Waals surface area contributed by atoms with Crippen molar-refractivity contribution in [3.63, 3.8) is 0 Å². The van der Waals surface area contributed by atoms with Gasteiger partial charge in [-0.05, 0) is 37.7 Å². The zero-order valence-electron chi connectivity index (χ0n) is 11.4. The Morgan fingerprint density at radius 3 is 2.56 bits per heavy atom. The Morgan fingerprint density at radius 2 is 1.94 bits per heavy atom. The SMILES string of the molecule is Cc1nnc(NCC2(C)CCCC2)c(C#N)c1C. The van der Waals surface area contributed by atoms with Gasteiger partial charge in [0.15, 0.2) is 5.82 Å². The fraction of sp³-hybridized carbons (Fsp3) is 0.643. The third-order valence-corrected chi connectivity index (χ3v) is 4.06. The van der Waals surface area contributed by atoms with Crippen LogP contribution in [0.2, 0.25) is 0 Å². The first-order chi connectivity index (χ1) is 8.56. The molecule has 1 N–H and O–H groups in total. The predicted octanol–water partition coefficient (Wildman–Crippen LogP) is 2.96. The Morgan fingerprint density at radius 1 is 1.28 bits per heavy atom. The number of aromatic nitrogens is 2. The second-order valence-electron chi connectivity index (χ2n) is 5.62. The summed E-state index contributed by atoms with van der Waals surface area (Å²) in [6.07, 6.45) is 5.12. The van der Waals surface area contributed by atoms with Gasteiger partial charge in [-0.3, -0.25) is 0 Å². The summed E-state index contributed by atoms with van der Waals surface area (Å²) in [5.74, 6) is 0.633. The highest BCUT2D eigenvalue weighted by Gasteiger charge is 2.28. The Balaban J connectivity index is 2.15. The van der Waals surface area contributed by atoms with E-state index in [1.165, 1.54) is 25.7 Å². The normalized spacial score (nSPS) is 17.4. The summed E-state index contributed by atoms with van der Waals surface area (Å²) in [5, 5.41) is 20.8. The van der Waals surface area contributed by atoms with Crippen molar-refractivity contribution in [3.8, 4) is 6.07 Å². The number of nitriles is 1.